The molecule has 0 radical (unpaired) electrons. The lowest BCUT2D eigenvalue weighted by Gasteiger charge is -2.07. The molecule has 2 rings (SSSR count). The quantitative estimate of drug-likeness (QED) is 0.178. The first kappa shape index (κ1) is 26.1. The summed E-state index contributed by atoms with van der Waals surface area (Å²) in [5.41, 5.74) is 2.41. The zero-order chi connectivity index (χ0) is 22.7. The Morgan fingerprint density at radius 1 is 0.719 bits per heavy atom. The zero-order valence-corrected chi connectivity index (χ0v) is 20.2. The summed E-state index contributed by atoms with van der Waals surface area (Å²) in [5, 5.41) is 0. The fourth-order valence-electron chi connectivity index (χ4n) is 3.43. The summed E-state index contributed by atoms with van der Waals surface area (Å²) >= 11 is 0. The number of ether oxygens (including phenoxy) is 2. The van der Waals surface area contributed by atoms with Gasteiger partial charge in [0.05, 0.1) is 19.0 Å². The Kier molecular flexibility index (Phi) is 14.1. The zero-order valence-electron chi connectivity index (χ0n) is 20.2. The van der Waals surface area contributed by atoms with Gasteiger partial charge in [0, 0.05) is 18.8 Å². The molecule has 0 fully saturated rings. The van der Waals surface area contributed by atoms with Crippen LogP contribution in [-0.4, -0.2) is 29.8 Å². The molecule has 0 atom stereocenters. The van der Waals surface area contributed by atoms with Gasteiger partial charge in [-0.15, -0.1) is 0 Å². The summed E-state index contributed by atoms with van der Waals surface area (Å²) in [4.78, 5) is 8.97. The standard InChI is InChI=1S/C28H42N2O2/c1-3-5-6-7-8-9-10-14-22-32-27-23-29-28(30-24-27)26-18-16-25(17-19-26)15-12-11-13-21-31-20-4-2/h7-8,16-19,23-24H,3-6,9-15,20-22H2,1-2H3. The molecule has 176 valence electrons. The van der Waals surface area contributed by atoms with Crippen LogP contribution in [0.15, 0.2) is 48.8 Å². The molecule has 0 unspecified atom stereocenters. The molecule has 0 spiro atoms. The van der Waals surface area contributed by atoms with Crippen LogP contribution in [-0.2, 0) is 11.2 Å². The molecular weight excluding hydrogens is 396 g/mol. The first-order valence-electron chi connectivity index (χ1n) is 12.6. The molecular formula is C28H42N2O2. The van der Waals surface area contributed by atoms with Gasteiger partial charge < -0.3 is 9.47 Å². The van der Waals surface area contributed by atoms with Crippen molar-refractivity contribution < 1.29 is 9.47 Å². The number of unbranched alkanes of at least 4 members (excludes halogenated alkanes) is 6. The molecule has 0 aliphatic heterocycles. The van der Waals surface area contributed by atoms with Gasteiger partial charge in [0.2, 0.25) is 0 Å². The van der Waals surface area contributed by atoms with Gasteiger partial charge in [0.1, 0.15) is 0 Å². The number of hydrogen-bond acceptors (Lipinski definition) is 4. The van der Waals surface area contributed by atoms with Crippen molar-refractivity contribution in [2.24, 2.45) is 0 Å². The van der Waals surface area contributed by atoms with Crippen LogP contribution >= 0.6 is 0 Å². The van der Waals surface area contributed by atoms with Gasteiger partial charge in [-0.2, -0.15) is 0 Å². The molecule has 1 aromatic heterocycles. The Labute approximate surface area is 195 Å². The van der Waals surface area contributed by atoms with Gasteiger partial charge in [0.15, 0.2) is 11.6 Å². The third kappa shape index (κ3) is 11.4. The predicted molar refractivity (Wildman–Crippen MR) is 134 cm³/mol. The van der Waals surface area contributed by atoms with E-state index in [-0.39, 0.29) is 0 Å². The maximum absolute atomic E-state index is 5.79. The van der Waals surface area contributed by atoms with Crippen LogP contribution in [0.5, 0.6) is 5.75 Å². The van der Waals surface area contributed by atoms with Crippen LogP contribution in [0.4, 0.5) is 0 Å². The summed E-state index contributed by atoms with van der Waals surface area (Å²) in [6.45, 7) is 6.86. The summed E-state index contributed by atoms with van der Waals surface area (Å²) < 4.78 is 11.3. The van der Waals surface area contributed by atoms with Crippen LogP contribution in [0, 0.1) is 0 Å². The topological polar surface area (TPSA) is 44.2 Å². The van der Waals surface area contributed by atoms with Gasteiger partial charge in [0.25, 0.3) is 0 Å². The van der Waals surface area contributed by atoms with Crippen molar-refractivity contribution in [1.82, 2.24) is 9.97 Å². The normalized spacial score (nSPS) is 11.3. The molecule has 0 bridgehead atoms. The molecule has 4 heteroatoms. The van der Waals surface area contributed by atoms with Crippen LogP contribution in [0.2, 0.25) is 0 Å². The van der Waals surface area contributed by atoms with Crippen LogP contribution < -0.4 is 4.74 Å². The second-order valence-electron chi connectivity index (χ2n) is 8.32. The minimum absolute atomic E-state index is 0.713. The number of allylic oxidation sites excluding steroid dienone is 2. The summed E-state index contributed by atoms with van der Waals surface area (Å²) in [6.07, 6.45) is 21.0. The number of nitrogens with zero attached hydrogens (tertiary/aromatic N) is 2. The molecule has 0 saturated carbocycles. The Morgan fingerprint density at radius 2 is 1.44 bits per heavy atom. The third-order valence-corrected chi connectivity index (χ3v) is 5.37. The van der Waals surface area contributed by atoms with E-state index in [9.17, 15) is 0 Å². The predicted octanol–water partition coefficient (Wildman–Crippen LogP) is 7.58. The summed E-state index contributed by atoms with van der Waals surface area (Å²) in [7, 11) is 0. The fraction of sp³-hybridized carbons (Fsp3) is 0.571. The van der Waals surface area contributed by atoms with Crippen LogP contribution in [0.1, 0.15) is 83.6 Å². The van der Waals surface area contributed by atoms with E-state index < -0.39 is 0 Å². The molecule has 1 heterocycles. The average molecular weight is 439 g/mol. The molecule has 1 aromatic carbocycles. The summed E-state index contributed by atoms with van der Waals surface area (Å²) in [5.74, 6) is 1.49. The SMILES string of the molecule is CCCCC=CCCCCOc1cnc(-c2ccc(CCCCCOCCC)cc2)nc1. The van der Waals surface area contributed by atoms with E-state index in [4.69, 9.17) is 9.47 Å². The molecule has 0 aliphatic carbocycles. The molecule has 2 aromatic rings. The number of aryl methyl sites for hydroxylation is 1. The van der Waals surface area contributed by atoms with E-state index in [1.807, 2.05) is 0 Å². The van der Waals surface area contributed by atoms with Crippen molar-refractivity contribution in [3.63, 3.8) is 0 Å². The smallest absolute Gasteiger partial charge is 0.159 e. The lowest BCUT2D eigenvalue weighted by atomic mass is 10.0. The van der Waals surface area contributed by atoms with Crippen molar-refractivity contribution in [2.45, 2.75) is 84.5 Å². The van der Waals surface area contributed by atoms with Gasteiger partial charge in [-0.05, 0) is 56.9 Å². The highest BCUT2D eigenvalue weighted by Crippen LogP contribution is 2.18. The number of benzene rings is 1. The van der Waals surface area contributed by atoms with Gasteiger partial charge in [-0.3, -0.25) is 0 Å². The Bertz CT molecular complexity index is 726. The van der Waals surface area contributed by atoms with E-state index in [1.165, 1.54) is 37.7 Å². The first-order valence-corrected chi connectivity index (χ1v) is 12.6. The van der Waals surface area contributed by atoms with Crippen molar-refractivity contribution in [2.75, 3.05) is 19.8 Å². The molecule has 0 saturated heterocycles. The fourth-order valence-corrected chi connectivity index (χ4v) is 3.43. The number of rotatable bonds is 18. The minimum Gasteiger partial charge on any atom is -0.490 e. The Balaban J connectivity index is 1.63. The average Bonchev–Trinajstić information content (AvgIpc) is 2.83. The lowest BCUT2D eigenvalue weighted by molar-refractivity contribution is 0.130. The largest absolute Gasteiger partial charge is 0.490 e. The van der Waals surface area contributed by atoms with Gasteiger partial charge >= 0.3 is 0 Å². The Morgan fingerprint density at radius 3 is 2.16 bits per heavy atom. The molecule has 4 nitrogen and oxygen atoms in total. The highest BCUT2D eigenvalue weighted by atomic mass is 16.5. The minimum atomic E-state index is 0.713. The lowest BCUT2D eigenvalue weighted by Crippen LogP contribution is -1.99. The van der Waals surface area contributed by atoms with E-state index >= 15 is 0 Å². The maximum atomic E-state index is 5.79. The highest BCUT2D eigenvalue weighted by Gasteiger charge is 2.03. The molecule has 0 aliphatic rings. The van der Waals surface area contributed by atoms with E-state index in [1.54, 1.807) is 12.4 Å². The third-order valence-electron chi connectivity index (χ3n) is 5.37. The maximum Gasteiger partial charge on any atom is 0.159 e. The summed E-state index contributed by atoms with van der Waals surface area (Å²) in [6, 6.07) is 8.61. The Hall–Kier alpha value is -2.20. The van der Waals surface area contributed by atoms with Crippen molar-refractivity contribution in [3.05, 3.63) is 54.4 Å². The van der Waals surface area contributed by atoms with Crippen molar-refractivity contribution >= 4 is 0 Å². The van der Waals surface area contributed by atoms with E-state index in [0.29, 0.717) is 6.61 Å². The second-order valence-corrected chi connectivity index (χ2v) is 8.32. The molecule has 32 heavy (non-hydrogen) atoms. The van der Waals surface area contributed by atoms with Crippen molar-refractivity contribution in [3.8, 4) is 17.1 Å². The second kappa shape index (κ2) is 17.4. The number of hydrogen-bond donors (Lipinski definition) is 0. The number of aromatic nitrogens is 2. The van der Waals surface area contributed by atoms with Gasteiger partial charge in [-0.1, -0.05) is 69.5 Å². The van der Waals surface area contributed by atoms with Crippen LogP contribution in [0.3, 0.4) is 0 Å². The van der Waals surface area contributed by atoms with E-state index in [0.717, 1.165) is 68.9 Å². The van der Waals surface area contributed by atoms with E-state index in [2.05, 4.69) is 60.2 Å². The monoisotopic (exact) mass is 438 g/mol. The van der Waals surface area contributed by atoms with Gasteiger partial charge in [-0.25, -0.2) is 9.97 Å². The molecule has 0 N–H and O–H groups in total. The van der Waals surface area contributed by atoms with Crippen molar-refractivity contribution in [1.29, 1.82) is 0 Å². The molecule has 0 amide bonds. The van der Waals surface area contributed by atoms with Crippen LogP contribution in [0.25, 0.3) is 11.4 Å². The highest BCUT2D eigenvalue weighted by molar-refractivity contribution is 5.55. The first-order chi connectivity index (χ1) is 15.8.